The summed E-state index contributed by atoms with van der Waals surface area (Å²) >= 11 is 0. The van der Waals surface area contributed by atoms with Crippen LogP contribution in [0.2, 0.25) is 0 Å². The van der Waals surface area contributed by atoms with Crippen molar-refractivity contribution in [3.05, 3.63) is 28.3 Å². The lowest BCUT2D eigenvalue weighted by Crippen LogP contribution is -2.23. The van der Waals surface area contributed by atoms with Crippen LogP contribution >= 0.6 is 0 Å². The van der Waals surface area contributed by atoms with Crippen molar-refractivity contribution in [2.45, 2.75) is 46.6 Å². The van der Waals surface area contributed by atoms with Crippen LogP contribution in [0.1, 0.15) is 36.1 Å². The van der Waals surface area contributed by atoms with E-state index in [0.29, 0.717) is 6.42 Å². The van der Waals surface area contributed by atoms with Crippen molar-refractivity contribution in [2.75, 3.05) is 7.11 Å². The molecule has 0 amide bonds. The molecule has 0 fully saturated rings. The second-order valence-corrected chi connectivity index (χ2v) is 5.14. The molecule has 1 aromatic carbocycles. The molecule has 1 aromatic rings. The van der Waals surface area contributed by atoms with Gasteiger partial charge in [-0.05, 0) is 51.3 Å². The topological polar surface area (TPSA) is 29.5 Å². The standard InChI is InChI=1S/C14H22O2/c1-9-7-10(2)12(8-14(4,5)15)13(16-6)11(9)3/h7,15H,8H2,1-6H3. The Morgan fingerprint density at radius 2 is 1.75 bits per heavy atom. The molecule has 0 atom stereocenters. The summed E-state index contributed by atoms with van der Waals surface area (Å²) in [7, 11) is 1.69. The van der Waals surface area contributed by atoms with Gasteiger partial charge in [-0.3, -0.25) is 0 Å². The summed E-state index contributed by atoms with van der Waals surface area (Å²) in [5, 5.41) is 9.92. The first-order chi connectivity index (χ1) is 7.26. The Kier molecular flexibility index (Phi) is 3.64. The Labute approximate surface area is 98.3 Å². The van der Waals surface area contributed by atoms with Crippen LogP contribution in [0.4, 0.5) is 0 Å². The van der Waals surface area contributed by atoms with Gasteiger partial charge in [0.1, 0.15) is 5.75 Å². The maximum atomic E-state index is 9.92. The number of aryl methyl sites for hydroxylation is 2. The summed E-state index contributed by atoms with van der Waals surface area (Å²) in [6.45, 7) is 9.85. The third-order valence-corrected chi connectivity index (χ3v) is 2.93. The molecule has 0 bridgehead atoms. The van der Waals surface area contributed by atoms with Gasteiger partial charge in [0.05, 0.1) is 12.7 Å². The second-order valence-electron chi connectivity index (χ2n) is 5.14. The van der Waals surface area contributed by atoms with Crippen LogP contribution in [0.3, 0.4) is 0 Å². The van der Waals surface area contributed by atoms with E-state index in [2.05, 4.69) is 26.8 Å². The predicted molar refractivity (Wildman–Crippen MR) is 67.2 cm³/mol. The van der Waals surface area contributed by atoms with Crippen molar-refractivity contribution in [1.82, 2.24) is 0 Å². The van der Waals surface area contributed by atoms with Crippen molar-refractivity contribution in [3.63, 3.8) is 0 Å². The van der Waals surface area contributed by atoms with Crippen molar-refractivity contribution in [1.29, 1.82) is 0 Å². The van der Waals surface area contributed by atoms with Crippen molar-refractivity contribution in [2.24, 2.45) is 0 Å². The Morgan fingerprint density at radius 1 is 1.19 bits per heavy atom. The number of hydrogen-bond donors (Lipinski definition) is 1. The van der Waals surface area contributed by atoms with Crippen LogP contribution in [0.25, 0.3) is 0 Å². The fourth-order valence-corrected chi connectivity index (χ4v) is 2.03. The van der Waals surface area contributed by atoms with Gasteiger partial charge >= 0.3 is 0 Å². The van der Waals surface area contributed by atoms with Crippen molar-refractivity contribution >= 4 is 0 Å². The lowest BCUT2D eigenvalue weighted by atomic mass is 9.91. The summed E-state index contributed by atoms with van der Waals surface area (Å²) in [6.07, 6.45) is 0.614. The molecule has 90 valence electrons. The van der Waals surface area contributed by atoms with E-state index in [9.17, 15) is 5.11 Å². The minimum Gasteiger partial charge on any atom is -0.496 e. The van der Waals surface area contributed by atoms with Gasteiger partial charge in [-0.25, -0.2) is 0 Å². The number of methoxy groups -OCH3 is 1. The summed E-state index contributed by atoms with van der Waals surface area (Å²) in [5.74, 6) is 0.916. The average Bonchev–Trinajstić information content (AvgIpc) is 2.13. The number of benzene rings is 1. The van der Waals surface area contributed by atoms with Crippen LogP contribution in [-0.4, -0.2) is 17.8 Å². The van der Waals surface area contributed by atoms with Crippen molar-refractivity contribution in [3.8, 4) is 5.75 Å². The molecule has 0 saturated heterocycles. The zero-order valence-corrected chi connectivity index (χ0v) is 11.1. The zero-order chi connectivity index (χ0) is 12.5. The molecule has 0 aromatic heterocycles. The minimum absolute atomic E-state index is 0.614. The second kappa shape index (κ2) is 4.46. The number of rotatable bonds is 3. The Bertz CT molecular complexity index is 387. The van der Waals surface area contributed by atoms with Gasteiger partial charge in [0, 0.05) is 12.0 Å². The summed E-state index contributed by atoms with van der Waals surface area (Å²) < 4.78 is 5.47. The fourth-order valence-electron chi connectivity index (χ4n) is 2.03. The van der Waals surface area contributed by atoms with Crippen LogP contribution in [0, 0.1) is 20.8 Å². The van der Waals surface area contributed by atoms with E-state index >= 15 is 0 Å². The van der Waals surface area contributed by atoms with Crippen LogP contribution in [-0.2, 0) is 6.42 Å². The zero-order valence-electron chi connectivity index (χ0n) is 11.1. The first-order valence-corrected chi connectivity index (χ1v) is 5.62. The molecule has 16 heavy (non-hydrogen) atoms. The highest BCUT2D eigenvalue weighted by molar-refractivity contribution is 5.50. The summed E-state index contributed by atoms with van der Waals surface area (Å²) in [4.78, 5) is 0. The highest BCUT2D eigenvalue weighted by Gasteiger charge is 2.20. The maximum absolute atomic E-state index is 9.92. The lowest BCUT2D eigenvalue weighted by Gasteiger charge is -2.22. The average molecular weight is 222 g/mol. The van der Waals surface area contributed by atoms with Gasteiger partial charge < -0.3 is 9.84 Å². The van der Waals surface area contributed by atoms with Gasteiger partial charge in [0.15, 0.2) is 0 Å². The molecule has 0 aliphatic rings. The smallest absolute Gasteiger partial charge is 0.125 e. The van der Waals surface area contributed by atoms with Crippen LogP contribution < -0.4 is 4.74 Å². The molecule has 0 saturated carbocycles. The van der Waals surface area contributed by atoms with Gasteiger partial charge in [0.2, 0.25) is 0 Å². The molecule has 0 spiro atoms. The van der Waals surface area contributed by atoms with E-state index in [1.165, 1.54) is 11.1 Å². The monoisotopic (exact) mass is 222 g/mol. The largest absolute Gasteiger partial charge is 0.496 e. The molecule has 0 radical (unpaired) electrons. The molecular weight excluding hydrogens is 200 g/mol. The van der Waals surface area contributed by atoms with Gasteiger partial charge in [0.25, 0.3) is 0 Å². The summed E-state index contributed by atoms with van der Waals surface area (Å²) in [5.41, 5.74) is 3.97. The van der Waals surface area contributed by atoms with Gasteiger partial charge in [-0.1, -0.05) is 6.07 Å². The Morgan fingerprint density at radius 3 is 2.19 bits per heavy atom. The Balaban J connectivity index is 3.32. The molecule has 1 N–H and O–H groups in total. The summed E-state index contributed by atoms with van der Waals surface area (Å²) in [6, 6.07) is 2.15. The van der Waals surface area contributed by atoms with Gasteiger partial charge in [-0.2, -0.15) is 0 Å². The SMILES string of the molecule is COc1c(C)c(C)cc(C)c1CC(C)(C)O. The van der Waals surface area contributed by atoms with E-state index in [0.717, 1.165) is 16.9 Å². The van der Waals surface area contributed by atoms with Gasteiger partial charge in [-0.15, -0.1) is 0 Å². The molecule has 1 rings (SSSR count). The molecule has 0 aliphatic carbocycles. The molecule has 2 heteroatoms. The van der Waals surface area contributed by atoms with Crippen LogP contribution in [0.5, 0.6) is 5.75 Å². The van der Waals surface area contributed by atoms with Crippen LogP contribution in [0.15, 0.2) is 6.07 Å². The molecule has 0 aliphatic heterocycles. The highest BCUT2D eigenvalue weighted by Crippen LogP contribution is 2.31. The minimum atomic E-state index is -0.709. The molecule has 0 heterocycles. The van der Waals surface area contributed by atoms with E-state index in [4.69, 9.17) is 4.74 Å². The number of hydrogen-bond acceptors (Lipinski definition) is 2. The van der Waals surface area contributed by atoms with E-state index < -0.39 is 5.60 Å². The predicted octanol–water partition coefficient (Wildman–Crippen LogP) is 2.93. The first kappa shape index (κ1) is 13.0. The normalized spacial score (nSPS) is 11.7. The number of aliphatic hydroxyl groups is 1. The van der Waals surface area contributed by atoms with E-state index in [-0.39, 0.29) is 0 Å². The molecule has 2 nitrogen and oxygen atoms in total. The molecule has 0 unspecified atom stereocenters. The van der Waals surface area contributed by atoms with Crippen molar-refractivity contribution < 1.29 is 9.84 Å². The maximum Gasteiger partial charge on any atom is 0.125 e. The Hall–Kier alpha value is -1.02. The molecular formula is C14H22O2. The fraction of sp³-hybridized carbons (Fsp3) is 0.571. The quantitative estimate of drug-likeness (QED) is 0.852. The number of ether oxygens (including phenoxy) is 1. The lowest BCUT2D eigenvalue weighted by molar-refractivity contribution is 0.0800. The van der Waals surface area contributed by atoms with E-state index in [1.54, 1.807) is 7.11 Å². The highest BCUT2D eigenvalue weighted by atomic mass is 16.5. The third kappa shape index (κ3) is 2.76. The van der Waals surface area contributed by atoms with E-state index in [1.807, 2.05) is 13.8 Å². The first-order valence-electron chi connectivity index (χ1n) is 5.62. The third-order valence-electron chi connectivity index (χ3n) is 2.93.